The highest BCUT2D eigenvalue weighted by atomic mass is 16.5. The van der Waals surface area contributed by atoms with Gasteiger partial charge in [0, 0.05) is 38.9 Å². The van der Waals surface area contributed by atoms with Crippen LogP contribution in [-0.2, 0) is 22.6 Å². The van der Waals surface area contributed by atoms with E-state index in [-0.39, 0.29) is 12.0 Å². The van der Waals surface area contributed by atoms with E-state index in [4.69, 9.17) is 4.74 Å². The fraction of sp³-hybridized carbons (Fsp3) is 0.310. The third kappa shape index (κ3) is 6.43. The number of carbonyl (C=O) groups excluding carboxylic acids is 2. The fourth-order valence-electron chi connectivity index (χ4n) is 4.35. The molecule has 0 fully saturated rings. The van der Waals surface area contributed by atoms with Crippen LogP contribution in [0.1, 0.15) is 39.6 Å². The quantitative estimate of drug-likeness (QED) is 0.470. The molecule has 0 spiro atoms. The van der Waals surface area contributed by atoms with E-state index in [9.17, 15) is 9.59 Å². The van der Waals surface area contributed by atoms with Crippen molar-refractivity contribution in [1.29, 1.82) is 0 Å². The lowest BCUT2D eigenvalue weighted by atomic mass is 10.1. The van der Waals surface area contributed by atoms with Crippen LogP contribution in [0.4, 0.5) is 10.5 Å². The van der Waals surface area contributed by atoms with Crippen LogP contribution in [0.5, 0.6) is 0 Å². The van der Waals surface area contributed by atoms with Crippen LogP contribution in [0.25, 0.3) is 0 Å². The Morgan fingerprint density at radius 3 is 2.39 bits per heavy atom. The zero-order valence-corrected chi connectivity index (χ0v) is 20.9. The van der Waals surface area contributed by atoms with E-state index in [0.717, 1.165) is 34.5 Å². The molecule has 1 atom stereocenters. The van der Waals surface area contributed by atoms with Crippen molar-refractivity contribution in [2.75, 3.05) is 38.7 Å². The van der Waals surface area contributed by atoms with Gasteiger partial charge in [0.25, 0.3) is 5.91 Å². The third-order valence-corrected chi connectivity index (χ3v) is 6.42. The number of benzene rings is 3. The van der Waals surface area contributed by atoms with Gasteiger partial charge in [0.1, 0.15) is 0 Å². The second-order valence-electron chi connectivity index (χ2n) is 8.90. The summed E-state index contributed by atoms with van der Waals surface area (Å²) >= 11 is 0. The average molecular weight is 488 g/mol. The number of anilines is 1. The van der Waals surface area contributed by atoms with E-state index in [0.29, 0.717) is 32.7 Å². The largest absolute Gasteiger partial charge is 0.453 e. The smallest absolute Gasteiger partial charge is 0.406 e. The number of nitrogens with one attached hydrogen (secondary N) is 1. The number of nitrogens with zero attached hydrogens (tertiary/aromatic N) is 2. The molecular weight excluding hydrogens is 454 g/mol. The van der Waals surface area contributed by atoms with Crippen LogP contribution in [0.2, 0.25) is 0 Å². The van der Waals surface area contributed by atoms with Gasteiger partial charge in [-0.05, 0) is 35.2 Å². The first-order chi connectivity index (χ1) is 17.5. The number of ether oxygens (including phenoxy) is 2. The monoisotopic (exact) mass is 487 g/mol. The van der Waals surface area contributed by atoms with Gasteiger partial charge in [-0.3, -0.25) is 4.79 Å². The minimum Gasteiger partial charge on any atom is -0.453 e. The standard InChI is InChI=1S/C29H33N3O4/c1-31-18-19-32(28(33)25-10-6-7-11-26(25)31)20-22-12-14-23(15-13-22)21-36-27(16-17-30-29(34)35-2)24-8-4-3-5-9-24/h3-15,27H,16-21H2,1-2H3,(H,30,34). The molecule has 4 rings (SSSR count). The summed E-state index contributed by atoms with van der Waals surface area (Å²) in [4.78, 5) is 28.6. The van der Waals surface area contributed by atoms with E-state index < -0.39 is 6.09 Å². The number of hydrogen-bond donors (Lipinski definition) is 1. The highest BCUT2D eigenvalue weighted by Crippen LogP contribution is 2.25. The molecule has 0 bridgehead atoms. The highest BCUT2D eigenvalue weighted by Gasteiger charge is 2.24. The number of hydrogen-bond acceptors (Lipinski definition) is 5. The lowest BCUT2D eigenvalue weighted by Gasteiger charge is -2.22. The van der Waals surface area contributed by atoms with Crippen LogP contribution in [0, 0.1) is 0 Å². The molecule has 0 saturated carbocycles. The van der Waals surface area contributed by atoms with Crippen LogP contribution in [-0.4, -0.2) is 50.7 Å². The van der Waals surface area contributed by atoms with Crippen molar-refractivity contribution < 1.29 is 19.1 Å². The summed E-state index contributed by atoms with van der Waals surface area (Å²) in [5, 5.41) is 2.72. The van der Waals surface area contributed by atoms with Gasteiger partial charge in [-0.1, -0.05) is 66.7 Å². The number of methoxy groups -OCH3 is 1. The zero-order valence-electron chi connectivity index (χ0n) is 20.9. The second kappa shape index (κ2) is 12.2. The summed E-state index contributed by atoms with van der Waals surface area (Å²) in [6.07, 6.45) is 0.0229. The lowest BCUT2D eigenvalue weighted by molar-refractivity contribution is 0.0340. The number of rotatable bonds is 9. The van der Waals surface area contributed by atoms with E-state index in [1.807, 2.05) is 78.7 Å². The molecule has 1 aliphatic heterocycles. The predicted octanol–water partition coefficient (Wildman–Crippen LogP) is 4.78. The normalized spacial score (nSPS) is 14.1. The summed E-state index contributed by atoms with van der Waals surface area (Å²) in [5.41, 5.74) is 4.91. The third-order valence-electron chi connectivity index (χ3n) is 6.42. The molecule has 36 heavy (non-hydrogen) atoms. The van der Waals surface area contributed by atoms with Gasteiger partial charge in [-0.25, -0.2) is 4.79 Å². The first-order valence-electron chi connectivity index (χ1n) is 12.2. The number of para-hydroxylation sites is 1. The number of carbonyl (C=O) groups is 2. The van der Waals surface area contributed by atoms with Crippen molar-refractivity contribution in [3.05, 3.63) is 101 Å². The Balaban J connectivity index is 1.37. The number of fused-ring (bicyclic) bond motifs is 1. The van der Waals surface area contributed by atoms with Crippen LogP contribution in [0.15, 0.2) is 78.9 Å². The van der Waals surface area contributed by atoms with E-state index >= 15 is 0 Å². The molecular formula is C29H33N3O4. The molecule has 1 aliphatic rings. The van der Waals surface area contributed by atoms with Crippen LogP contribution in [0.3, 0.4) is 0 Å². The first kappa shape index (κ1) is 25.3. The number of alkyl carbamates (subject to hydrolysis) is 1. The predicted molar refractivity (Wildman–Crippen MR) is 140 cm³/mol. The minimum atomic E-state index is -0.449. The van der Waals surface area contributed by atoms with Gasteiger partial charge < -0.3 is 24.6 Å². The summed E-state index contributed by atoms with van der Waals surface area (Å²) in [6.45, 7) is 2.92. The summed E-state index contributed by atoms with van der Waals surface area (Å²) in [6, 6.07) is 26.0. The Bertz CT molecular complexity index is 1150. The minimum absolute atomic E-state index is 0.0635. The molecule has 3 aromatic rings. The fourth-order valence-corrected chi connectivity index (χ4v) is 4.35. The Kier molecular flexibility index (Phi) is 8.57. The molecule has 0 aromatic heterocycles. The van der Waals surface area contributed by atoms with Gasteiger partial charge >= 0.3 is 6.09 Å². The molecule has 3 aromatic carbocycles. The van der Waals surface area contributed by atoms with Crippen molar-refractivity contribution in [3.8, 4) is 0 Å². The van der Waals surface area contributed by atoms with Gasteiger partial charge in [0.2, 0.25) is 0 Å². The molecule has 1 N–H and O–H groups in total. The Hall–Kier alpha value is -3.84. The van der Waals surface area contributed by atoms with Crippen molar-refractivity contribution >= 4 is 17.7 Å². The van der Waals surface area contributed by atoms with E-state index in [1.165, 1.54) is 7.11 Å². The Labute approximate surface area is 212 Å². The topological polar surface area (TPSA) is 71.1 Å². The van der Waals surface area contributed by atoms with Gasteiger partial charge in [-0.15, -0.1) is 0 Å². The summed E-state index contributed by atoms with van der Waals surface area (Å²) in [5.74, 6) is 0.0635. The van der Waals surface area contributed by atoms with Crippen molar-refractivity contribution in [3.63, 3.8) is 0 Å². The molecule has 1 unspecified atom stereocenters. The maximum atomic E-state index is 13.2. The van der Waals surface area contributed by atoms with Crippen molar-refractivity contribution in [2.24, 2.45) is 0 Å². The number of amides is 2. The number of likely N-dealkylation sites (N-methyl/N-ethyl adjacent to an activating group) is 1. The molecule has 0 aliphatic carbocycles. The summed E-state index contributed by atoms with van der Waals surface area (Å²) < 4.78 is 10.9. The Morgan fingerprint density at radius 1 is 0.944 bits per heavy atom. The SMILES string of the molecule is COC(=O)NCCC(OCc1ccc(CN2CCN(C)c3ccccc3C2=O)cc1)c1ccccc1. The summed E-state index contributed by atoms with van der Waals surface area (Å²) in [7, 11) is 3.38. The van der Waals surface area contributed by atoms with Gasteiger partial charge in [0.15, 0.2) is 0 Å². The molecule has 0 saturated heterocycles. The van der Waals surface area contributed by atoms with E-state index in [1.54, 1.807) is 0 Å². The van der Waals surface area contributed by atoms with Crippen molar-refractivity contribution in [1.82, 2.24) is 10.2 Å². The van der Waals surface area contributed by atoms with E-state index in [2.05, 4.69) is 27.1 Å². The van der Waals surface area contributed by atoms with Crippen molar-refractivity contribution in [2.45, 2.75) is 25.7 Å². The molecule has 7 heteroatoms. The average Bonchev–Trinajstić information content (AvgIpc) is 3.04. The maximum absolute atomic E-state index is 13.2. The highest BCUT2D eigenvalue weighted by molar-refractivity contribution is 6.00. The Morgan fingerprint density at radius 2 is 1.64 bits per heavy atom. The van der Waals surface area contributed by atoms with Gasteiger partial charge in [-0.2, -0.15) is 0 Å². The maximum Gasteiger partial charge on any atom is 0.406 e. The molecule has 0 radical (unpaired) electrons. The molecule has 7 nitrogen and oxygen atoms in total. The second-order valence-corrected chi connectivity index (χ2v) is 8.90. The molecule has 1 heterocycles. The van der Waals surface area contributed by atoms with Crippen LogP contribution < -0.4 is 10.2 Å². The zero-order chi connectivity index (χ0) is 25.3. The first-order valence-corrected chi connectivity index (χ1v) is 12.2. The van der Waals surface area contributed by atoms with Crippen LogP contribution >= 0.6 is 0 Å². The molecule has 188 valence electrons. The lowest BCUT2D eigenvalue weighted by Crippen LogP contribution is -2.33. The molecule has 2 amide bonds. The van der Waals surface area contributed by atoms with Gasteiger partial charge in [0.05, 0.1) is 25.4 Å².